The van der Waals surface area contributed by atoms with E-state index in [-0.39, 0.29) is 5.91 Å². The van der Waals surface area contributed by atoms with E-state index in [1.165, 1.54) is 32.7 Å². The molecule has 0 bridgehead atoms. The van der Waals surface area contributed by atoms with Crippen molar-refractivity contribution in [3.63, 3.8) is 0 Å². The summed E-state index contributed by atoms with van der Waals surface area (Å²) in [5, 5.41) is 8.45. The molecule has 0 fully saturated rings. The lowest BCUT2D eigenvalue weighted by molar-refractivity contribution is 0.103. The maximum Gasteiger partial charge on any atom is 0.265 e. The topological polar surface area (TPSA) is 83.8 Å². The van der Waals surface area contributed by atoms with E-state index in [9.17, 15) is 4.79 Å². The van der Waals surface area contributed by atoms with Gasteiger partial charge >= 0.3 is 0 Å². The van der Waals surface area contributed by atoms with E-state index in [0.29, 0.717) is 27.8 Å². The summed E-state index contributed by atoms with van der Waals surface area (Å²) in [6.07, 6.45) is 0. The summed E-state index contributed by atoms with van der Waals surface area (Å²) >= 11 is 1.37. The number of hydrogen-bond acceptors (Lipinski definition) is 7. The van der Waals surface area contributed by atoms with Gasteiger partial charge in [0.15, 0.2) is 11.5 Å². The number of nitrogens with zero attached hydrogens (tertiary/aromatic N) is 2. The molecule has 0 spiro atoms. The Hall–Kier alpha value is -3.72. The van der Waals surface area contributed by atoms with Gasteiger partial charge in [0.1, 0.15) is 16.3 Å². The van der Waals surface area contributed by atoms with Crippen LogP contribution in [-0.4, -0.2) is 44.1 Å². The predicted molar refractivity (Wildman–Crippen MR) is 125 cm³/mol. The third kappa shape index (κ3) is 3.82. The second kappa shape index (κ2) is 8.80. The van der Waals surface area contributed by atoms with Crippen molar-refractivity contribution in [2.75, 3.05) is 33.8 Å². The van der Waals surface area contributed by atoms with E-state index in [4.69, 9.17) is 18.9 Å². The quantitative estimate of drug-likeness (QED) is 0.441. The molecule has 0 aliphatic heterocycles. The van der Waals surface area contributed by atoms with Crippen LogP contribution < -0.4 is 24.3 Å². The molecular weight excluding hydrogens is 430 g/mol. The van der Waals surface area contributed by atoms with Crippen LogP contribution in [0.1, 0.15) is 9.67 Å². The van der Waals surface area contributed by atoms with Gasteiger partial charge in [0, 0.05) is 35.8 Å². The summed E-state index contributed by atoms with van der Waals surface area (Å²) in [5.74, 6) is 1.89. The van der Waals surface area contributed by atoms with Gasteiger partial charge in [0.05, 0.1) is 33.3 Å². The molecule has 0 atom stereocenters. The lowest BCUT2D eigenvalue weighted by Gasteiger charge is -2.14. The summed E-state index contributed by atoms with van der Waals surface area (Å²) in [5.41, 5.74) is 2.25. The molecule has 4 aromatic rings. The number of rotatable bonds is 7. The molecule has 166 valence electrons. The first kappa shape index (κ1) is 21.5. The molecule has 8 nitrogen and oxygen atoms in total. The number of carbonyl (C=O) groups excluding carboxylic acids is 1. The minimum absolute atomic E-state index is 0.239. The third-order valence-electron chi connectivity index (χ3n) is 5.00. The number of amides is 1. The highest BCUT2D eigenvalue weighted by Crippen LogP contribution is 2.40. The minimum atomic E-state index is -0.239. The van der Waals surface area contributed by atoms with Gasteiger partial charge in [-0.05, 0) is 18.2 Å². The van der Waals surface area contributed by atoms with Crippen molar-refractivity contribution in [1.29, 1.82) is 0 Å². The van der Waals surface area contributed by atoms with Crippen LogP contribution >= 0.6 is 11.3 Å². The minimum Gasteiger partial charge on any atom is -0.497 e. The van der Waals surface area contributed by atoms with E-state index in [0.717, 1.165) is 27.2 Å². The summed E-state index contributed by atoms with van der Waals surface area (Å²) < 4.78 is 23.2. The standard InChI is InChI=1S/C23H23N3O5S/c1-26-23-16(20(25-26)13-7-6-8-15(9-13)28-2)12-19(32-23)22(27)24-14-10-17(29-3)21(31-5)18(11-14)30-4/h6-12H,1-5H3,(H,24,27). The first-order valence-electron chi connectivity index (χ1n) is 9.71. The van der Waals surface area contributed by atoms with Gasteiger partial charge in [-0.2, -0.15) is 5.10 Å². The first-order valence-corrected chi connectivity index (χ1v) is 10.5. The number of fused-ring (bicyclic) bond motifs is 1. The largest absolute Gasteiger partial charge is 0.497 e. The Morgan fingerprint density at radius 2 is 1.69 bits per heavy atom. The van der Waals surface area contributed by atoms with Gasteiger partial charge in [-0.3, -0.25) is 9.48 Å². The van der Waals surface area contributed by atoms with Gasteiger partial charge in [0.2, 0.25) is 5.75 Å². The number of nitrogens with one attached hydrogen (secondary N) is 1. The number of carbonyl (C=O) groups is 1. The Balaban J connectivity index is 1.68. The summed E-state index contributed by atoms with van der Waals surface area (Å²) in [4.78, 5) is 14.5. The van der Waals surface area contributed by atoms with Crippen molar-refractivity contribution in [2.45, 2.75) is 0 Å². The van der Waals surface area contributed by atoms with Crippen molar-refractivity contribution in [1.82, 2.24) is 9.78 Å². The van der Waals surface area contributed by atoms with Crippen molar-refractivity contribution < 1.29 is 23.7 Å². The van der Waals surface area contributed by atoms with Crippen LogP contribution in [0.2, 0.25) is 0 Å². The average Bonchev–Trinajstić information content (AvgIpc) is 3.39. The number of hydrogen-bond donors (Lipinski definition) is 1. The third-order valence-corrected chi connectivity index (χ3v) is 6.20. The van der Waals surface area contributed by atoms with E-state index < -0.39 is 0 Å². The normalized spacial score (nSPS) is 10.8. The zero-order valence-corrected chi connectivity index (χ0v) is 19.2. The summed E-state index contributed by atoms with van der Waals surface area (Å²) in [7, 11) is 8.08. The van der Waals surface area contributed by atoms with E-state index in [1.807, 2.05) is 37.4 Å². The number of aromatic nitrogens is 2. The van der Waals surface area contributed by atoms with Crippen molar-refractivity contribution in [2.24, 2.45) is 7.05 Å². The van der Waals surface area contributed by atoms with Crippen molar-refractivity contribution >= 4 is 33.1 Å². The smallest absolute Gasteiger partial charge is 0.265 e. The molecule has 4 rings (SSSR count). The van der Waals surface area contributed by atoms with Gasteiger partial charge in [-0.1, -0.05) is 12.1 Å². The molecule has 2 aromatic heterocycles. The van der Waals surface area contributed by atoms with Crippen LogP contribution in [0.5, 0.6) is 23.0 Å². The van der Waals surface area contributed by atoms with E-state index >= 15 is 0 Å². The number of aryl methyl sites for hydroxylation is 1. The highest BCUT2D eigenvalue weighted by molar-refractivity contribution is 7.20. The van der Waals surface area contributed by atoms with Crippen LogP contribution in [0, 0.1) is 0 Å². The second-order valence-electron chi connectivity index (χ2n) is 6.90. The first-order chi connectivity index (χ1) is 15.5. The highest BCUT2D eigenvalue weighted by Gasteiger charge is 2.20. The number of anilines is 1. The molecule has 0 aliphatic rings. The second-order valence-corrected chi connectivity index (χ2v) is 7.93. The number of ether oxygens (including phenoxy) is 4. The molecule has 0 unspecified atom stereocenters. The highest BCUT2D eigenvalue weighted by atomic mass is 32.1. The molecule has 0 saturated heterocycles. The maximum absolute atomic E-state index is 13.0. The van der Waals surface area contributed by atoms with Crippen LogP contribution in [0.4, 0.5) is 5.69 Å². The number of methoxy groups -OCH3 is 4. The molecule has 2 heterocycles. The Morgan fingerprint density at radius 1 is 0.969 bits per heavy atom. The molecule has 0 saturated carbocycles. The lowest BCUT2D eigenvalue weighted by atomic mass is 10.1. The van der Waals surface area contributed by atoms with E-state index in [2.05, 4.69) is 10.4 Å². The Kier molecular flexibility index (Phi) is 5.91. The molecule has 1 amide bonds. The summed E-state index contributed by atoms with van der Waals surface area (Å²) in [6.45, 7) is 0. The van der Waals surface area contributed by atoms with Crippen molar-refractivity contribution in [3.8, 4) is 34.3 Å². The fourth-order valence-electron chi connectivity index (χ4n) is 3.48. The number of thiophene rings is 1. The van der Waals surface area contributed by atoms with Crippen LogP contribution in [0.25, 0.3) is 21.5 Å². The maximum atomic E-state index is 13.0. The van der Waals surface area contributed by atoms with Gasteiger partial charge in [-0.15, -0.1) is 11.3 Å². The van der Waals surface area contributed by atoms with Gasteiger partial charge in [-0.25, -0.2) is 0 Å². The van der Waals surface area contributed by atoms with Crippen LogP contribution in [0.3, 0.4) is 0 Å². The monoisotopic (exact) mass is 453 g/mol. The van der Waals surface area contributed by atoms with Crippen LogP contribution in [-0.2, 0) is 7.05 Å². The van der Waals surface area contributed by atoms with Crippen molar-refractivity contribution in [3.05, 3.63) is 47.3 Å². The fraction of sp³-hybridized carbons (Fsp3) is 0.217. The zero-order chi connectivity index (χ0) is 22.8. The SMILES string of the molecule is COc1cccc(-c2nn(C)c3sc(C(=O)Nc4cc(OC)c(OC)c(OC)c4)cc23)c1. The zero-order valence-electron chi connectivity index (χ0n) is 18.4. The Labute approximate surface area is 189 Å². The van der Waals surface area contributed by atoms with E-state index in [1.54, 1.807) is 23.9 Å². The van der Waals surface area contributed by atoms with Gasteiger partial charge < -0.3 is 24.3 Å². The Bertz CT molecular complexity index is 1270. The lowest BCUT2D eigenvalue weighted by Crippen LogP contribution is -2.10. The average molecular weight is 454 g/mol. The number of benzene rings is 2. The fourth-order valence-corrected chi connectivity index (χ4v) is 4.45. The molecule has 0 aliphatic carbocycles. The molecule has 1 N–H and O–H groups in total. The van der Waals surface area contributed by atoms with Crippen LogP contribution in [0.15, 0.2) is 42.5 Å². The predicted octanol–water partition coefficient (Wildman–Crippen LogP) is 4.59. The molecular formula is C23H23N3O5S. The molecule has 9 heteroatoms. The summed E-state index contributed by atoms with van der Waals surface area (Å²) in [6, 6.07) is 12.9. The Morgan fingerprint density at radius 3 is 2.31 bits per heavy atom. The molecule has 0 radical (unpaired) electrons. The molecule has 32 heavy (non-hydrogen) atoms. The van der Waals surface area contributed by atoms with Gasteiger partial charge in [0.25, 0.3) is 5.91 Å². The molecule has 2 aromatic carbocycles.